The third kappa shape index (κ3) is 6.22. The molecule has 0 amide bonds. The lowest BCUT2D eigenvalue weighted by Crippen LogP contribution is -1.91. The van der Waals surface area contributed by atoms with Crippen LogP contribution in [0, 0.1) is 5.21 Å². The molecule has 0 heterocycles. The SMILES string of the molecule is CCCCCCCCCc1ccc(/[N+]([O-])=N/O)cc1. The first-order valence-corrected chi connectivity index (χ1v) is 7.19. The Kier molecular flexibility index (Phi) is 7.63. The molecule has 0 bridgehead atoms. The van der Waals surface area contributed by atoms with Crippen molar-refractivity contribution in [2.24, 2.45) is 5.28 Å². The molecule has 0 unspecified atom stereocenters. The second-order valence-electron chi connectivity index (χ2n) is 4.90. The third-order valence-corrected chi connectivity index (χ3v) is 3.31. The Labute approximate surface area is 115 Å². The maximum Gasteiger partial charge on any atom is 0.248 e. The summed E-state index contributed by atoms with van der Waals surface area (Å²) in [5.41, 5.74) is 1.58. The average molecular weight is 264 g/mol. The maximum atomic E-state index is 11.0. The first-order chi connectivity index (χ1) is 9.27. The van der Waals surface area contributed by atoms with Crippen LogP contribution in [0.15, 0.2) is 29.5 Å². The summed E-state index contributed by atoms with van der Waals surface area (Å²) in [7, 11) is 0. The van der Waals surface area contributed by atoms with Crippen molar-refractivity contribution in [2.75, 3.05) is 0 Å². The van der Waals surface area contributed by atoms with Gasteiger partial charge in [0.25, 0.3) is 0 Å². The second-order valence-corrected chi connectivity index (χ2v) is 4.90. The highest BCUT2D eigenvalue weighted by Gasteiger charge is 2.02. The van der Waals surface area contributed by atoms with Gasteiger partial charge >= 0.3 is 0 Å². The Morgan fingerprint density at radius 3 is 2.16 bits per heavy atom. The molecule has 1 aromatic rings. The summed E-state index contributed by atoms with van der Waals surface area (Å²) in [6.07, 6.45) is 10.2. The van der Waals surface area contributed by atoms with Crippen molar-refractivity contribution in [3.05, 3.63) is 35.0 Å². The summed E-state index contributed by atoms with van der Waals surface area (Å²) in [4.78, 5) is 0.206. The van der Waals surface area contributed by atoms with Crippen LogP contribution >= 0.6 is 0 Å². The van der Waals surface area contributed by atoms with Crippen LogP contribution in [-0.2, 0) is 6.42 Å². The van der Waals surface area contributed by atoms with E-state index in [1.54, 1.807) is 12.1 Å². The molecule has 0 spiro atoms. The molecule has 0 fully saturated rings. The summed E-state index contributed by atoms with van der Waals surface area (Å²) in [6, 6.07) is 7.21. The number of aryl methyl sites for hydroxylation is 1. The molecular formula is C15H24N2O2. The molecule has 0 saturated heterocycles. The Morgan fingerprint density at radius 2 is 1.58 bits per heavy atom. The summed E-state index contributed by atoms with van der Waals surface area (Å²) in [5, 5.41) is 21.9. The van der Waals surface area contributed by atoms with Gasteiger partial charge in [0.05, 0.1) is 0 Å². The van der Waals surface area contributed by atoms with Gasteiger partial charge in [0.15, 0.2) is 0 Å². The highest BCUT2D eigenvalue weighted by Crippen LogP contribution is 2.15. The largest absolute Gasteiger partial charge is 0.592 e. The number of nitrogens with zero attached hydrogens (tertiary/aromatic N) is 2. The molecule has 0 aromatic heterocycles. The minimum Gasteiger partial charge on any atom is -0.592 e. The van der Waals surface area contributed by atoms with Crippen LogP contribution in [0.4, 0.5) is 5.69 Å². The van der Waals surface area contributed by atoms with Gasteiger partial charge in [-0.1, -0.05) is 57.6 Å². The molecule has 106 valence electrons. The first kappa shape index (κ1) is 15.5. The van der Waals surface area contributed by atoms with Crippen LogP contribution in [0.3, 0.4) is 0 Å². The van der Waals surface area contributed by atoms with Crippen molar-refractivity contribution >= 4 is 5.69 Å². The third-order valence-electron chi connectivity index (χ3n) is 3.31. The van der Waals surface area contributed by atoms with E-state index in [-0.39, 0.29) is 4.86 Å². The maximum absolute atomic E-state index is 11.0. The van der Waals surface area contributed by atoms with Crippen molar-refractivity contribution in [2.45, 2.75) is 58.3 Å². The fraction of sp³-hybridized carbons (Fsp3) is 0.600. The quantitative estimate of drug-likeness (QED) is 0.296. The summed E-state index contributed by atoms with van der Waals surface area (Å²) >= 11 is 0. The standard InChI is InChI=1S/C15H24N2O2/c1-2-3-4-5-6-7-8-9-14-10-12-15(13-11-14)17(19)16-18/h10-13,18H,2-9H2,1H3/b17-16-. The molecule has 0 aliphatic heterocycles. The van der Waals surface area contributed by atoms with Crippen molar-refractivity contribution in [3.8, 4) is 0 Å². The number of hydrogen-bond donors (Lipinski definition) is 1. The van der Waals surface area contributed by atoms with Gasteiger partial charge < -0.3 is 10.4 Å². The lowest BCUT2D eigenvalue weighted by Gasteiger charge is -2.03. The molecular weight excluding hydrogens is 240 g/mol. The van der Waals surface area contributed by atoms with Crippen LogP contribution in [0.1, 0.15) is 57.4 Å². The Hall–Kier alpha value is -1.58. The fourth-order valence-electron chi connectivity index (χ4n) is 2.13. The van der Waals surface area contributed by atoms with Crippen LogP contribution in [0.5, 0.6) is 0 Å². The molecule has 19 heavy (non-hydrogen) atoms. The monoisotopic (exact) mass is 264 g/mol. The first-order valence-electron chi connectivity index (χ1n) is 7.19. The van der Waals surface area contributed by atoms with Gasteiger partial charge in [0, 0.05) is 12.1 Å². The van der Waals surface area contributed by atoms with Crippen LogP contribution in [0.2, 0.25) is 0 Å². The normalized spacial score (nSPS) is 11.7. The molecule has 0 aliphatic carbocycles. The van der Waals surface area contributed by atoms with Crippen molar-refractivity contribution in [1.82, 2.24) is 0 Å². The van der Waals surface area contributed by atoms with E-state index in [9.17, 15) is 5.21 Å². The predicted molar refractivity (Wildman–Crippen MR) is 75.6 cm³/mol. The lowest BCUT2D eigenvalue weighted by molar-refractivity contribution is -0.473. The van der Waals surface area contributed by atoms with Gasteiger partial charge in [-0.15, -0.1) is 0 Å². The minimum atomic E-state index is 0.206. The Morgan fingerprint density at radius 1 is 1.00 bits per heavy atom. The number of rotatable bonds is 9. The number of benzene rings is 1. The van der Waals surface area contributed by atoms with Crippen LogP contribution in [-0.4, -0.2) is 10.1 Å². The minimum absolute atomic E-state index is 0.206. The van der Waals surface area contributed by atoms with Crippen LogP contribution in [0.25, 0.3) is 0 Å². The highest BCUT2D eigenvalue weighted by atomic mass is 16.6. The molecule has 1 aromatic carbocycles. The number of hydrogen-bond acceptors (Lipinski definition) is 2. The highest BCUT2D eigenvalue weighted by molar-refractivity contribution is 5.32. The van der Waals surface area contributed by atoms with Gasteiger partial charge in [0.1, 0.15) is 0 Å². The van der Waals surface area contributed by atoms with E-state index < -0.39 is 0 Å². The summed E-state index contributed by atoms with van der Waals surface area (Å²) in [6.45, 7) is 2.23. The number of unbranched alkanes of at least 4 members (excludes halogenated alkanes) is 6. The van der Waals surface area contributed by atoms with Gasteiger partial charge in [-0.2, -0.15) is 0 Å². The Bertz CT molecular complexity index is 374. The molecule has 0 atom stereocenters. The summed E-state index contributed by atoms with van der Waals surface area (Å²) < 4.78 is 0. The zero-order valence-corrected chi connectivity index (χ0v) is 11.7. The molecule has 1 N–H and O–H groups in total. The molecule has 4 heteroatoms. The van der Waals surface area contributed by atoms with E-state index in [0.29, 0.717) is 5.69 Å². The van der Waals surface area contributed by atoms with Gasteiger partial charge in [-0.25, -0.2) is 0 Å². The van der Waals surface area contributed by atoms with Crippen molar-refractivity contribution in [3.63, 3.8) is 0 Å². The van der Waals surface area contributed by atoms with Gasteiger partial charge in [-0.3, -0.25) is 0 Å². The Balaban J connectivity index is 2.19. The second kappa shape index (κ2) is 9.36. The van der Waals surface area contributed by atoms with E-state index in [2.05, 4.69) is 12.2 Å². The van der Waals surface area contributed by atoms with E-state index in [0.717, 1.165) is 6.42 Å². The average Bonchev–Trinajstić information content (AvgIpc) is 2.46. The van der Waals surface area contributed by atoms with E-state index in [1.165, 1.54) is 50.5 Å². The van der Waals surface area contributed by atoms with Crippen molar-refractivity contribution < 1.29 is 10.1 Å². The van der Waals surface area contributed by atoms with E-state index in [4.69, 9.17) is 5.21 Å². The summed E-state index contributed by atoms with van der Waals surface area (Å²) in [5.74, 6) is 0. The lowest BCUT2D eigenvalue weighted by atomic mass is 10.0. The molecule has 0 aliphatic rings. The zero-order valence-electron chi connectivity index (χ0n) is 11.7. The fourth-order valence-corrected chi connectivity index (χ4v) is 2.13. The smallest absolute Gasteiger partial charge is 0.248 e. The topological polar surface area (TPSA) is 58.7 Å². The van der Waals surface area contributed by atoms with Crippen molar-refractivity contribution in [1.29, 1.82) is 0 Å². The van der Waals surface area contributed by atoms with Crippen LogP contribution < -0.4 is 0 Å². The van der Waals surface area contributed by atoms with E-state index in [1.807, 2.05) is 12.1 Å². The molecule has 0 radical (unpaired) electrons. The predicted octanol–water partition coefficient (Wildman–Crippen LogP) is 4.96. The molecule has 0 saturated carbocycles. The molecule has 1 rings (SSSR count). The van der Waals surface area contributed by atoms with Gasteiger partial charge in [-0.05, 0) is 23.3 Å². The van der Waals surface area contributed by atoms with E-state index >= 15 is 0 Å². The van der Waals surface area contributed by atoms with Gasteiger partial charge in [0.2, 0.25) is 11.0 Å². The molecule has 4 nitrogen and oxygen atoms in total. The zero-order chi connectivity index (χ0) is 13.9.